The summed E-state index contributed by atoms with van der Waals surface area (Å²) in [5.74, 6) is -9.90. The first-order valence-electron chi connectivity index (χ1n) is 25.3. The van der Waals surface area contributed by atoms with Crippen molar-refractivity contribution in [2.45, 2.75) is 141 Å². The number of carbonyl (C=O) groups excluding carboxylic acids is 9. The first-order chi connectivity index (χ1) is 36.3. The lowest BCUT2D eigenvalue weighted by atomic mass is 9.99. The topological polar surface area (TPSA) is 430 Å². The van der Waals surface area contributed by atoms with Gasteiger partial charge < -0.3 is 79.8 Å². The maximum Gasteiger partial charge on any atom is 0.326 e. The number of hydrogen-bond acceptors (Lipinski definition) is 15. The predicted octanol–water partition coefficient (Wildman–Crippen LogP) is -3.22. The summed E-state index contributed by atoms with van der Waals surface area (Å²) in [6.07, 6.45) is 3.54. The van der Waals surface area contributed by atoms with Gasteiger partial charge in [0, 0.05) is 43.6 Å². The molecule has 1 saturated heterocycles. The molecule has 3 rings (SSSR count). The molecule has 0 radical (unpaired) electrons. The first-order valence-corrected chi connectivity index (χ1v) is 26.0. The lowest BCUT2D eigenvalue weighted by molar-refractivity contribution is -0.143. The molecule has 426 valence electrons. The lowest BCUT2D eigenvalue weighted by Crippen LogP contribution is -2.61. The molecule has 1 aromatic heterocycles. The Hall–Kier alpha value is -7.49. The Morgan fingerprint density at radius 1 is 0.714 bits per heavy atom. The van der Waals surface area contributed by atoms with Crippen molar-refractivity contribution in [1.82, 2.24) is 57.4 Å². The molecule has 9 unspecified atom stereocenters. The van der Waals surface area contributed by atoms with Crippen LogP contribution in [0, 0.1) is 17.8 Å². The van der Waals surface area contributed by atoms with E-state index in [1.54, 1.807) is 53.7 Å². The number of nitrogens with zero attached hydrogens (tertiary/aromatic N) is 3. The largest absolute Gasteiger partial charge is 0.508 e. The maximum absolute atomic E-state index is 14.4. The predicted molar refractivity (Wildman–Crippen MR) is 285 cm³/mol. The number of aromatic nitrogens is 2. The number of carboxylic acids is 1. The SMILES string of the molecule is CC(NC(=O)C(NC(=O)C1CCCN1C(=O)C(NC(=O)C(Cc1cnc[nH]1)NC(=O)C(Cc1ccc(O)cc1)NC(=O)CN)C(C)C)C(C)C)C(=O)NC(C(=O)NC(CS)C(=O)NC(CCCN=C(N)N)C(=O)O)C(C)C. The summed E-state index contributed by atoms with van der Waals surface area (Å²) in [5.41, 5.74) is 17.2. The summed E-state index contributed by atoms with van der Waals surface area (Å²) in [5, 5.41) is 40.2. The molecule has 77 heavy (non-hydrogen) atoms. The number of hydrogen-bond donors (Lipinski definition) is 15. The van der Waals surface area contributed by atoms with E-state index in [9.17, 15) is 58.2 Å². The number of guanidine groups is 1. The second-order valence-electron chi connectivity index (χ2n) is 19.7. The van der Waals surface area contributed by atoms with E-state index in [0.29, 0.717) is 17.7 Å². The van der Waals surface area contributed by atoms with Crippen molar-refractivity contribution in [3.8, 4) is 5.75 Å². The standard InChI is InChI=1S/C49H77N15O12S/c1-24(2)37(45(72)56-27(7)40(67)61-38(25(3)4)46(73)60-34(22-77)43(70)58-31(48(75)76)10-8-16-54-49(51)52)62-44(71)35-11-9-17-64(35)47(74)39(26(5)6)63-42(69)33(19-29-21-53-23-55-29)59-41(68)32(57-36(66)20-50)18-28-12-14-30(65)15-13-28/h12-15,21,23-27,31-35,37-39,65,77H,8-11,16-20,22,50H2,1-7H3,(H,53,55)(H,56,72)(H,57,66)(H,58,70)(H,59,68)(H,60,73)(H,61,67)(H,62,71)(H,63,69)(H,75,76)(H4,51,52,54). The van der Waals surface area contributed by atoms with Crippen LogP contribution in [0.3, 0.4) is 0 Å². The van der Waals surface area contributed by atoms with Gasteiger partial charge in [0.15, 0.2) is 5.96 Å². The highest BCUT2D eigenvalue weighted by Crippen LogP contribution is 2.22. The third-order valence-electron chi connectivity index (χ3n) is 12.5. The molecular formula is C49H77N15O12S. The lowest BCUT2D eigenvalue weighted by Gasteiger charge is -2.33. The number of aliphatic imine (C=N–C) groups is 1. The number of amides is 9. The quantitative estimate of drug-likeness (QED) is 0.0158. The van der Waals surface area contributed by atoms with Crippen molar-refractivity contribution in [2.75, 3.05) is 25.4 Å². The summed E-state index contributed by atoms with van der Waals surface area (Å²) in [7, 11) is 0. The van der Waals surface area contributed by atoms with E-state index in [4.69, 9.17) is 17.2 Å². The molecule has 0 aliphatic carbocycles. The van der Waals surface area contributed by atoms with Crippen LogP contribution >= 0.6 is 12.6 Å². The molecular weight excluding hydrogens is 1020 g/mol. The summed E-state index contributed by atoms with van der Waals surface area (Å²) < 4.78 is 0. The van der Waals surface area contributed by atoms with Crippen LogP contribution in [0.15, 0.2) is 41.8 Å². The fourth-order valence-corrected chi connectivity index (χ4v) is 8.39. The number of imidazole rings is 1. The minimum Gasteiger partial charge on any atom is -0.508 e. The number of phenols is 1. The molecule has 0 saturated carbocycles. The molecule has 1 fully saturated rings. The molecule has 17 N–H and O–H groups in total. The molecule has 1 aromatic carbocycles. The van der Waals surface area contributed by atoms with Crippen LogP contribution in [-0.4, -0.2) is 170 Å². The summed E-state index contributed by atoms with van der Waals surface area (Å²) in [6, 6.07) is -5.13. The smallest absolute Gasteiger partial charge is 0.326 e. The van der Waals surface area contributed by atoms with E-state index in [1.807, 2.05) is 0 Å². The number of nitrogens with two attached hydrogens (primary N) is 3. The van der Waals surface area contributed by atoms with Gasteiger partial charge in [-0.3, -0.25) is 48.1 Å². The molecule has 28 heteroatoms. The number of rotatable bonds is 30. The van der Waals surface area contributed by atoms with E-state index < -0.39 is 138 Å². The fraction of sp³-hybridized carbons (Fsp3) is 0.592. The Morgan fingerprint density at radius 2 is 1.26 bits per heavy atom. The van der Waals surface area contributed by atoms with E-state index in [2.05, 4.69) is 70.1 Å². The van der Waals surface area contributed by atoms with E-state index >= 15 is 0 Å². The number of phenolic OH excluding ortho intramolecular Hbond substituents is 1. The van der Waals surface area contributed by atoms with Gasteiger partial charge in [0.05, 0.1) is 12.9 Å². The zero-order valence-electron chi connectivity index (χ0n) is 44.5. The Balaban J connectivity index is 1.71. The molecule has 2 aromatic rings. The van der Waals surface area contributed by atoms with E-state index in [1.165, 1.54) is 36.5 Å². The van der Waals surface area contributed by atoms with Crippen molar-refractivity contribution in [2.24, 2.45) is 39.9 Å². The average Bonchev–Trinajstić information content (AvgIpc) is 4.09. The van der Waals surface area contributed by atoms with Crippen LogP contribution in [0.1, 0.15) is 85.4 Å². The molecule has 0 spiro atoms. The Kier molecular flexibility index (Phi) is 25.6. The molecule has 27 nitrogen and oxygen atoms in total. The number of aliphatic carboxylic acids is 1. The van der Waals surface area contributed by atoms with E-state index in [0.717, 1.165) is 0 Å². The number of H-pyrrole nitrogens is 1. The maximum atomic E-state index is 14.4. The minimum atomic E-state index is -1.33. The van der Waals surface area contributed by atoms with Gasteiger partial charge in [0.2, 0.25) is 53.2 Å². The number of aromatic hydroxyl groups is 1. The van der Waals surface area contributed by atoms with Crippen molar-refractivity contribution < 1.29 is 58.2 Å². The zero-order valence-corrected chi connectivity index (χ0v) is 45.4. The summed E-state index contributed by atoms with van der Waals surface area (Å²) >= 11 is 4.16. The Labute approximate surface area is 452 Å². The number of likely N-dealkylation sites (tertiary alicyclic amines) is 1. The van der Waals surface area contributed by atoms with Gasteiger partial charge >= 0.3 is 5.97 Å². The van der Waals surface area contributed by atoms with Gasteiger partial charge in [0.1, 0.15) is 60.1 Å². The summed E-state index contributed by atoms with van der Waals surface area (Å²) in [6.45, 7) is 11.2. The average molecular weight is 1100 g/mol. The monoisotopic (exact) mass is 1100 g/mol. The van der Waals surface area contributed by atoms with Crippen molar-refractivity contribution in [3.63, 3.8) is 0 Å². The Morgan fingerprint density at radius 3 is 1.82 bits per heavy atom. The molecule has 9 atom stereocenters. The number of benzene rings is 1. The van der Waals surface area contributed by atoms with Crippen molar-refractivity contribution in [1.29, 1.82) is 0 Å². The van der Waals surface area contributed by atoms with Crippen LogP contribution in [0.5, 0.6) is 5.75 Å². The highest BCUT2D eigenvalue weighted by atomic mass is 32.1. The molecule has 9 amide bonds. The second kappa shape index (κ2) is 30.9. The van der Waals surface area contributed by atoms with Crippen LogP contribution in [0.4, 0.5) is 0 Å². The van der Waals surface area contributed by atoms with Gasteiger partial charge in [-0.1, -0.05) is 53.7 Å². The van der Waals surface area contributed by atoms with Crippen LogP contribution < -0.4 is 59.7 Å². The fourth-order valence-electron chi connectivity index (χ4n) is 8.13. The van der Waals surface area contributed by atoms with E-state index in [-0.39, 0.29) is 62.7 Å². The minimum absolute atomic E-state index is 0.00851. The van der Waals surface area contributed by atoms with Crippen LogP contribution in [0.2, 0.25) is 0 Å². The van der Waals surface area contributed by atoms with Crippen molar-refractivity contribution in [3.05, 3.63) is 48.0 Å². The Bertz CT molecular complexity index is 2380. The van der Waals surface area contributed by atoms with Gasteiger partial charge in [-0.05, 0) is 68.1 Å². The van der Waals surface area contributed by atoms with Crippen LogP contribution in [0.25, 0.3) is 0 Å². The number of nitrogens with one attached hydrogen (secondary N) is 9. The number of carbonyl (C=O) groups is 10. The van der Waals surface area contributed by atoms with Gasteiger partial charge in [0.25, 0.3) is 0 Å². The van der Waals surface area contributed by atoms with Crippen LogP contribution in [-0.2, 0) is 60.8 Å². The van der Waals surface area contributed by atoms with Gasteiger partial charge in [-0.25, -0.2) is 9.78 Å². The normalized spacial score (nSPS) is 16.3. The number of carboxylic acid groups (broad SMARTS) is 1. The number of thiol groups is 1. The van der Waals surface area contributed by atoms with Gasteiger partial charge in [-0.2, -0.15) is 12.6 Å². The van der Waals surface area contributed by atoms with Crippen molar-refractivity contribution >= 4 is 77.7 Å². The molecule has 0 bridgehead atoms. The third-order valence-corrected chi connectivity index (χ3v) is 12.9. The highest BCUT2D eigenvalue weighted by Gasteiger charge is 2.41. The zero-order chi connectivity index (χ0) is 57.7. The molecule has 1 aliphatic rings. The first kappa shape index (κ1) is 63.8. The van der Waals surface area contributed by atoms with Gasteiger partial charge in [-0.15, -0.1) is 0 Å². The summed E-state index contributed by atoms with van der Waals surface area (Å²) in [4.78, 5) is 147. The third kappa shape index (κ3) is 20.2. The molecule has 1 aliphatic heterocycles. The second-order valence-corrected chi connectivity index (χ2v) is 20.1. The highest BCUT2D eigenvalue weighted by molar-refractivity contribution is 7.80. The molecule has 2 heterocycles. The number of aromatic amines is 1.